The van der Waals surface area contributed by atoms with Crippen molar-refractivity contribution in [3.05, 3.63) is 23.3 Å². The highest BCUT2D eigenvalue weighted by Gasteiger charge is 2.65. The number of esters is 1. The van der Waals surface area contributed by atoms with Crippen LogP contribution in [0.5, 0.6) is 0 Å². The Morgan fingerprint density at radius 3 is 2.42 bits per heavy atom. The fourth-order valence-corrected chi connectivity index (χ4v) is 9.90. The van der Waals surface area contributed by atoms with Crippen molar-refractivity contribution in [3.8, 4) is 0 Å². The van der Waals surface area contributed by atoms with Crippen LogP contribution in [0.1, 0.15) is 113 Å². The number of allylic oxidation sites excluding steroid dienone is 3. The van der Waals surface area contributed by atoms with Gasteiger partial charge in [-0.1, -0.05) is 59.3 Å². The maximum atomic E-state index is 11.8. The van der Waals surface area contributed by atoms with E-state index in [0.29, 0.717) is 34.7 Å². The van der Waals surface area contributed by atoms with Crippen molar-refractivity contribution in [3.63, 3.8) is 0 Å². The summed E-state index contributed by atoms with van der Waals surface area (Å²) in [6, 6.07) is 0. The lowest BCUT2D eigenvalue weighted by Gasteiger charge is -2.64. The molecule has 0 heterocycles. The van der Waals surface area contributed by atoms with Crippen molar-refractivity contribution < 1.29 is 19.4 Å². The molecule has 0 aromatic rings. The third-order valence-corrected chi connectivity index (χ3v) is 12.2. The third-order valence-electron chi connectivity index (χ3n) is 12.2. The largest absolute Gasteiger partial charge is 0.478 e. The summed E-state index contributed by atoms with van der Waals surface area (Å²) >= 11 is 0. The molecule has 8 atom stereocenters. The van der Waals surface area contributed by atoms with Gasteiger partial charge < -0.3 is 9.84 Å². The predicted octanol–water partition coefficient (Wildman–Crippen LogP) is 7.97. The number of carbonyl (C=O) groups excluding carboxylic acids is 1. The Balaban J connectivity index is 1.57. The molecule has 1 N–H and O–H groups in total. The highest BCUT2D eigenvalue weighted by atomic mass is 16.5. The van der Waals surface area contributed by atoms with Crippen molar-refractivity contribution in [1.29, 1.82) is 0 Å². The fourth-order valence-electron chi connectivity index (χ4n) is 9.90. The zero-order valence-corrected chi connectivity index (χ0v) is 24.1. The van der Waals surface area contributed by atoms with Crippen molar-refractivity contribution in [2.45, 2.75) is 119 Å². The van der Waals surface area contributed by atoms with Crippen LogP contribution in [0.2, 0.25) is 0 Å². The lowest BCUT2D eigenvalue weighted by atomic mass is 9.41. The number of aliphatic carboxylic acids is 1. The summed E-state index contributed by atoms with van der Waals surface area (Å²) in [5.74, 6) is 1.49. The lowest BCUT2D eigenvalue weighted by Crippen LogP contribution is -2.58. The number of carboxylic acid groups (broad SMARTS) is 1. The molecule has 4 heteroatoms. The van der Waals surface area contributed by atoms with Gasteiger partial charge in [-0.15, -0.1) is 0 Å². The molecule has 0 aliphatic heterocycles. The van der Waals surface area contributed by atoms with Gasteiger partial charge in [0.1, 0.15) is 6.10 Å². The maximum absolute atomic E-state index is 11.8. The lowest BCUT2D eigenvalue weighted by molar-refractivity contribution is -0.174. The van der Waals surface area contributed by atoms with Crippen LogP contribution < -0.4 is 0 Å². The van der Waals surface area contributed by atoms with Gasteiger partial charge in [0.2, 0.25) is 0 Å². The summed E-state index contributed by atoms with van der Waals surface area (Å²) < 4.78 is 5.85. The monoisotopic (exact) mass is 498 g/mol. The van der Waals surface area contributed by atoms with E-state index in [1.807, 2.05) is 6.08 Å². The van der Waals surface area contributed by atoms with Crippen molar-refractivity contribution in [2.24, 2.45) is 45.3 Å². The first-order valence-electron chi connectivity index (χ1n) is 14.5. The number of carbonyl (C=O) groups is 2. The van der Waals surface area contributed by atoms with Gasteiger partial charge in [0.25, 0.3) is 0 Å². The topological polar surface area (TPSA) is 63.6 Å². The number of hydrogen-bond donors (Lipinski definition) is 1. The van der Waals surface area contributed by atoms with Gasteiger partial charge in [-0.3, -0.25) is 4.79 Å². The number of hydrogen-bond acceptors (Lipinski definition) is 3. The molecule has 202 valence electrons. The molecule has 36 heavy (non-hydrogen) atoms. The molecule has 3 saturated carbocycles. The first-order valence-corrected chi connectivity index (χ1v) is 14.5. The number of ether oxygens (including phenoxy) is 1. The molecule has 0 saturated heterocycles. The Bertz CT molecular complexity index is 959. The SMILES string of the molecule is CC(=O)O[C@@H]1CC[C@]2(C)[C@H]3CC[C@@]4(C)[C@H]([C@@H](C)CC/C=C(/C)C(=O)O)CC[C@]4(C)C3=CC[C@H]2C1(C)C. The van der Waals surface area contributed by atoms with Crippen LogP contribution in [0.15, 0.2) is 23.3 Å². The van der Waals surface area contributed by atoms with Crippen LogP contribution in [0.3, 0.4) is 0 Å². The minimum atomic E-state index is -0.803. The van der Waals surface area contributed by atoms with E-state index in [1.165, 1.54) is 25.7 Å². The zero-order valence-electron chi connectivity index (χ0n) is 24.1. The van der Waals surface area contributed by atoms with Gasteiger partial charge in [0, 0.05) is 17.9 Å². The summed E-state index contributed by atoms with van der Waals surface area (Å²) in [5.41, 5.74) is 2.99. The van der Waals surface area contributed by atoms with E-state index < -0.39 is 5.97 Å². The Morgan fingerprint density at radius 1 is 1.08 bits per heavy atom. The van der Waals surface area contributed by atoms with Crippen LogP contribution >= 0.6 is 0 Å². The van der Waals surface area contributed by atoms with E-state index in [4.69, 9.17) is 4.74 Å². The molecular formula is C32H50O4. The first kappa shape index (κ1) is 27.5. The van der Waals surface area contributed by atoms with Crippen LogP contribution in [0, 0.1) is 45.3 Å². The molecule has 0 aromatic carbocycles. The quantitative estimate of drug-likeness (QED) is 0.229. The standard InChI is InChI=1S/C32H50O4/c1-20(10-9-11-21(2)28(34)35)23-14-18-32(8)25-12-13-26-29(4,5)27(36-22(3)33)16-17-30(26,6)24(25)15-19-31(23,32)7/h11-12,20,23-24,26-27H,9-10,13-19H2,1-8H3,(H,34,35)/b21-11-/t20-,23-,24-,26-,27+,30+,31-,32+/m0/s1. The Hall–Kier alpha value is -1.58. The van der Waals surface area contributed by atoms with Gasteiger partial charge in [-0.25, -0.2) is 4.79 Å². The average Bonchev–Trinajstić information content (AvgIpc) is 3.07. The summed E-state index contributed by atoms with van der Waals surface area (Å²) in [6.07, 6.45) is 14.8. The Morgan fingerprint density at radius 2 is 1.78 bits per heavy atom. The van der Waals surface area contributed by atoms with E-state index in [1.54, 1.807) is 19.4 Å². The van der Waals surface area contributed by atoms with Crippen LogP contribution in [0.4, 0.5) is 0 Å². The van der Waals surface area contributed by atoms with E-state index in [2.05, 4.69) is 47.6 Å². The minimum absolute atomic E-state index is 0.0167. The molecule has 4 aliphatic rings. The molecule has 4 nitrogen and oxygen atoms in total. The molecule has 0 radical (unpaired) electrons. The normalized spacial score (nSPS) is 42.4. The smallest absolute Gasteiger partial charge is 0.330 e. The van der Waals surface area contributed by atoms with E-state index in [-0.39, 0.29) is 28.3 Å². The number of rotatable bonds is 6. The number of fused-ring (bicyclic) bond motifs is 5. The van der Waals surface area contributed by atoms with Crippen molar-refractivity contribution in [2.75, 3.05) is 0 Å². The molecular weight excluding hydrogens is 448 g/mol. The molecule has 0 amide bonds. The van der Waals surface area contributed by atoms with E-state index in [0.717, 1.165) is 32.1 Å². The molecule has 0 aromatic heterocycles. The molecule has 0 spiro atoms. The molecule has 0 unspecified atom stereocenters. The average molecular weight is 499 g/mol. The van der Waals surface area contributed by atoms with Gasteiger partial charge in [0.05, 0.1) is 0 Å². The van der Waals surface area contributed by atoms with Crippen LogP contribution in [0.25, 0.3) is 0 Å². The summed E-state index contributed by atoms with van der Waals surface area (Å²) in [4.78, 5) is 23.0. The summed E-state index contributed by atoms with van der Waals surface area (Å²) in [5, 5.41) is 9.19. The van der Waals surface area contributed by atoms with E-state index in [9.17, 15) is 14.7 Å². The highest BCUT2D eigenvalue weighted by Crippen LogP contribution is 2.73. The Labute approximate surface area is 219 Å². The molecule has 4 rings (SSSR count). The minimum Gasteiger partial charge on any atom is -0.478 e. The zero-order chi connectivity index (χ0) is 26.7. The Kier molecular flexibility index (Phi) is 7.10. The maximum Gasteiger partial charge on any atom is 0.330 e. The van der Waals surface area contributed by atoms with Gasteiger partial charge in [-0.2, -0.15) is 0 Å². The van der Waals surface area contributed by atoms with Crippen LogP contribution in [-0.2, 0) is 14.3 Å². The second-order valence-corrected chi connectivity index (χ2v) is 14.1. The molecule has 3 fully saturated rings. The second-order valence-electron chi connectivity index (χ2n) is 14.1. The van der Waals surface area contributed by atoms with Gasteiger partial charge in [-0.05, 0) is 105 Å². The third kappa shape index (κ3) is 4.09. The van der Waals surface area contributed by atoms with Crippen LogP contribution in [-0.4, -0.2) is 23.1 Å². The first-order chi connectivity index (χ1) is 16.7. The van der Waals surface area contributed by atoms with Gasteiger partial charge >= 0.3 is 11.9 Å². The molecule has 4 aliphatic carbocycles. The summed E-state index contributed by atoms with van der Waals surface area (Å²) in [6.45, 7) is 18.0. The second kappa shape index (κ2) is 9.31. The molecule has 0 bridgehead atoms. The predicted molar refractivity (Wildman–Crippen MR) is 144 cm³/mol. The van der Waals surface area contributed by atoms with E-state index >= 15 is 0 Å². The number of carboxylic acids is 1. The van der Waals surface area contributed by atoms with Crippen molar-refractivity contribution in [1.82, 2.24) is 0 Å². The van der Waals surface area contributed by atoms with Gasteiger partial charge in [0.15, 0.2) is 0 Å². The summed E-state index contributed by atoms with van der Waals surface area (Å²) in [7, 11) is 0. The highest BCUT2D eigenvalue weighted by molar-refractivity contribution is 5.85. The fraction of sp³-hybridized carbons (Fsp3) is 0.812. The van der Waals surface area contributed by atoms with Crippen molar-refractivity contribution >= 4 is 11.9 Å².